The number of aromatic nitrogens is 1. The Labute approximate surface area is 124 Å². The molecule has 0 aliphatic heterocycles. The fourth-order valence-electron chi connectivity index (χ4n) is 2.71. The van der Waals surface area contributed by atoms with Crippen LogP contribution < -0.4 is 9.47 Å². The van der Waals surface area contributed by atoms with Crippen LogP contribution in [0.2, 0.25) is 0 Å². The molecule has 0 fully saturated rings. The Bertz CT molecular complexity index is 757. The van der Waals surface area contributed by atoms with Gasteiger partial charge in [-0.05, 0) is 42.3 Å². The van der Waals surface area contributed by atoms with Gasteiger partial charge in [0.1, 0.15) is 11.5 Å². The van der Waals surface area contributed by atoms with Gasteiger partial charge in [-0.3, -0.25) is 0 Å². The Morgan fingerprint density at radius 1 is 0.905 bits per heavy atom. The normalized spacial score (nSPS) is 10.8. The first-order valence-electron chi connectivity index (χ1n) is 7.09. The lowest BCUT2D eigenvalue weighted by molar-refractivity contribution is 0.415. The number of H-pyrrole nitrogens is 1. The highest BCUT2D eigenvalue weighted by Crippen LogP contribution is 2.35. The molecule has 3 heteroatoms. The SMILES string of the molecule is CCc1[nH]c2ccc(OC)cc2c1-c1ccc(OC)cc1. The molecule has 0 amide bonds. The molecule has 108 valence electrons. The Kier molecular flexibility index (Phi) is 3.57. The molecule has 1 aromatic heterocycles. The van der Waals surface area contributed by atoms with E-state index in [9.17, 15) is 0 Å². The number of rotatable bonds is 4. The highest BCUT2D eigenvalue weighted by atomic mass is 16.5. The summed E-state index contributed by atoms with van der Waals surface area (Å²) in [5.41, 5.74) is 4.81. The van der Waals surface area contributed by atoms with Gasteiger partial charge in [0.15, 0.2) is 0 Å². The molecule has 1 N–H and O–H groups in total. The van der Waals surface area contributed by atoms with Crippen LogP contribution in [0.25, 0.3) is 22.0 Å². The van der Waals surface area contributed by atoms with Crippen molar-refractivity contribution in [2.75, 3.05) is 14.2 Å². The number of hydrogen-bond donors (Lipinski definition) is 1. The number of hydrogen-bond acceptors (Lipinski definition) is 2. The van der Waals surface area contributed by atoms with Crippen LogP contribution in [0.15, 0.2) is 42.5 Å². The molecule has 2 aromatic carbocycles. The van der Waals surface area contributed by atoms with Gasteiger partial charge in [-0.2, -0.15) is 0 Å². The Hall–Kier alpha value is -2.42. The van der Waals surface area contributed by atoms with Gasteiger partial charge in [-0.25, -0.2) is 0 Å². The van der Waals surface area contributed by atoms with Gasteiger partial charge in [0.25, 0.3) is 0 Å². The maximum Gasteiger partial charge on any atom is 0.119 e. The standard InChI is InChI=1S/C18H19NO2/c1-4-16-18(12-5-7-13(20-2)8-6-12)15-11-14(21-3)9-10-17(15)19-16/h5-11,19H,4H2,1-3H3. The van der Waals surface area contributed by atoms with E-state index < -0.39 is 0 Å². The first-order valence-corrected chi connectivity index (χ1v) is 7.09. The monoisotopic (exact) mass is 281 g/mol. The van der Waals surface area contributed by atoms with Gasteiger partial charge in [-0.15, -0.1) is 0 Å². The summed E-state index contributed by atoms with van der Waals surface area (Å²) in [6.07, 6.45) is 0.957. The molecular weight excluding hydrogens is 262 g/mol. The Morgan fingerprint density at radius 2 is 1.57 bits per heavy atom. The average molecular weight is 281 g/mol. The number of methoxy groups -OCH3 is 2. The topological polar surface area (TPSA) is 34.2 Å². The Morgan fingerprint density at radius 3 is 2.19 bits per heavy atom. The van der Waals surface area contributed by atoms with Crippen molar-refractivity contribution in [3.05, 3.63) is 48.2 Å². The molecule has 1 heterocycles. The van der Waals surface area contributed by atoms with Gasteiger partial charge in [0, 0.05) is 22.2 Å². The van der Waals surface area contributed by atoms with Crippen molar-refractivity contribution in [2.24, 2.45) is 0 Å². The molecule has 0 aliphatic rings. The molecule has 0 saturated heterocycles. The van der Waals surface area contributed by atoms with Crippen molar-refractivity contribution in [3.63, 3.8) is 0 Å². The second-order valence-corrected chi connectivity index (χ2v) is 4.97. The molecule has 3 nitrogen and oxygen atoms in total. The third kappa shape index (κ3) is 2.35. The summed E-state index contributed by atoms with van der Waals surface area (Å²) in [5.74, 6) is 1.74. The van der Waals surface area contributed by atoms with Crippen LogP contribution in [0.1, 0.15) is 12.6 Å². The van der Waals surface area contributed by atoms with Crippen LogP contribution >= 0.6 is 0 Å². The van der Waals surface area contributed by atoms with Crippen LogP contribution in [0.3, 0.4) is 0 Å². The van der Waals surface area contributed by atoms with Crippen molar-refractivity contribution in [3.8, 4) is 22.6 Å². The van der Waals surface area contributed by atoms with Crippen molar-refractivity contribution < 1.29 is 9.47 Å². The zero-order valence-electron chi connectivity index (χ0n) is 12.6. The van der Waals surface area contributed by atoms with Gasteiger partial charge in [-0.1, -0.05) is 19.1 Å². The zero-order valence-corrected chi connectivity index (χ0v) is 12.6. The fraction of sp³-hybridized carbons (Fsp3) is 0.222. The molecular formula is C18H19NO2. The van der Waals surface area contributed by atoms with E-state index in [4.69, 9.17) is 9.47 Å². The minimum absolute atomic E-state index is 0.870. The van der Waals surface area contributed by atoms with E-state index in [-0.39, 0.29) is 0 Å². The second kappa shape index (κ2) is 5.52. The van der Waals surface area contributed by atoms with E-state index in [0.29, 0.717) is 0 Å². The molecule has 0 spiro atoms. The summed E-state index contributed by atoms with van der Waals surface area (Å²) >= 11 is 0. The minimum atomic E-state index is 0.870. The second-order valence-electron chi connectivity index (χ2n) is 4.97. The highest BCUT2D eigenvalue weighted by molar-refractivity contribution is 5.98. The largest absolute Gasteiger partial charge is 0.497 e. The molecule has 0 bridgehead atoms. The van der Waals surface area contributed by atoms with E-state index in [1.807, 2.05) is 18.2 Å². The van der Waals surface area contributed by atoms with E-state index in [2.05, 4.69) is 36.2 Å². The van der Waals surface area contributed by atoms with Crippen LogP contribution in [-0.2, 0) is 6.42 Å². The van der Waals surface area contributed by atoms with Crippen molar-refractivity contribution in [1.82, 2.24) is 4.98 Å². The fourth-order valence-corrected chi connectivity index (χ4v) is 2.71. The van der Waals surface area contributed by atoms with Gasteiger partial charge in [0.05, 0.1) is 14.2 Å². The molecule has 0 aliphatic carbocycles. The van der Waals surface area contributed by atoms with Gasteiger partial charge >= 0.3 is 0 Å². The molecule has 21 heavy (non-hydrogen) atoms. The summed E-state index contributed by atoms with van der Waals surface area (Å²) in [7, 11) is 3.38. The lowest BCUT2D eigenvalue weighted by Crippen LogP contribution is -1.86. The van der Waals surface area contributed by atoms with E-state index in [1.54, 1.807) is 14.2 Å². The quantitative estimate of drug-likeness (QED) is 0.768. The smallest absolute Gasteiger partial charge is 0.119 e. The number of aryl methyl sites for hydroxylation is 1. The maximum atomic E-state index is 5.36. The molecule has 0 unspecified atom stereocenters. The third-order valence-electron chi connectivity index (χ3n) is 3.82. The first-order chi connectivity index (χ1) is 10.3. The van der Waals surface area contributed by atoms with Crippen molar-refractivity contribution in [1.29, 1.82) is 0 Å². The highest BCUT2D eigenvalue weighted by Gasteiger charge is 2.13. The van der Waals surface area contributed by atoms with Crippen LogP contribution in [0.5, 0.6) is 11.5 Å². The maximum absolute atomic E-state index is 5.36. The van der Waals surface area contributed by atoms with Gasteiger partial charge < -0.3 is 14.5 Å². The Balaban J connectivity index is 2.22. The number of fused-ring (bicyclic) bond motifs is 1. The average Bonchev–Trinajstić information content (AvgIpc) is 2.92. The van der Waals surface area contributed by atoms with Crippen molar-refractivity contribution in [2.45, 2.75) is 13.3 Å². The molecule has 3 rings (SSSR count). The van der Waals surface area contributed by atoms with Gasteiger partial charge in [0.2, 0.25) is 0 Å². The lowest BCUT2D eigenvalue weighted by atomic mass is 10.0. The summed E-state index contributed by atoms with van der Waals surface area (Å²) in [4.78, 5) is 3.51. The predicted octanol–water partition coefficient (Wildman–Crippen LogP) is 4.41. The summed E-state index contributed by atoms with van der Waals surface area (Å²) in [5, 5.41) is 1.19. The summed E-state index contributed by atoms with van der Waals surface area (Å²) in [6.45, 7) is 2.16. The van der Waals surface area contributed by atoms with Crippen LogP contribution in [-0.4, -0.2) is 19.2 Å². The molecule has 3 aromatic rings. The molecule has 0 saturated carbocycles. The van der Waals surface area contributed by atoms with Crippen molar-refractivity contribution >= 4 is 10.9 Å². The van der Waals surface area contributed by atoms with Crippen LogP contribution in [0.4, 0.5) is 0 Å². The van der Waals surface area contributed by atoms with E-state index in [1.165, 1.54) is 22.2 Å². The predicted molar refractivity (Wildman–Crippen MR) is 86.2 cm³/mol. The number of benzene rings is 2. The lowest BCUT2D eigenvalue weighted by Gasteiger charge is -2.06. The number of ether oxygens (including phenoxy) is 2. The third-order valence-corrected chi connectivity index (χ3v) is 3.82. The summed E-state index contributed by atoms with van der Waals surface area (Å²) in [6, 6.07) is 14.3. The van der Waals surface area contributed by atoms with E-state index in [0.717, 1.165) is 23.4 Å². The minimum Gasteiger partial charge on any atom is -0.497 e. The zero-order chi connectivity index (χ0) is 14.8. The number of nitrogens with one attached hydrogen (secondary N) is 1. The summed E-state index contributed by atoms with van der Waals surface area (Å²) < 4.78 is 10.6. The number of aromatic amines is 1. The van der Waals surface area contributed by atoms with E-state index >= 15 is 0 Å². The first kappa shape index (κ1) is 13.6. The van der Waals surface area contributed by atoms with Crippen LogP contribution in [0, 0.1) is 0 Å². The molecule has 0 radical (unpaired) electrons. The molecule has 0 atom stereocenters.